The molecular weight excluding hydrogens is 394 g/mol. The number of H-pyrrole nitrogens is 1. The first kappa shape index (κ1) is 20.9. The lowest BCUT2D eigenvalue weighted by Crippen LogP contribution is -2.38. The molecule has 1 aliphatic heterocycles. The molecule has 1 unspecified atom stereocenters. The van der Waals surface area contributed by atoms with Gasteiger partial charge in [-0.3, -0.25) is 9.69 Å². The highest BCUT2D eigenvalue weighted by Gasteiger charge is 2.33. The number of benzene rings is 2. The van der Waals surface area contributed by atoms with Gasteiger partial charge in [0.2, 0.25) is 5.91 Å². The molecular formula is C24H27N3O4. The third kappa shape index (κ3) is 3.88. The zero-order chi connectivity index (χ0) is 22.1. The van der Waals surface area contributed by atoms with Crippen LogP contribution in [0, 0.1) is 6.92 Å². The number of carbonyl (C=O) groups is 2. The average Bonchev–Trinajstić information content (AvgIpc) is 3.21. The smallest absolute Gasteiger partial charge is 0.335 e. The van der Waals surface area contributed by atoms with Crippen LogP contribution in [0.1, 0.15) is 39.5 Å². The Balaban J connectivity index is 1.77. The number of rotatable bonds is 5. The molecule has 1 aromatic heterocycles. The minimum atomic E-state index is -0.980. The van der Waals surface area contributed by atoms with Crippen molar-refractivity contribution in [2.45, 2.75) is 25.9 Å². The van der Waals surface area contributed by atoms with Crippen LogP contribution >= 0.6 is 0 Å². The van der Waals surface area contributed by atoms with Gasteiger partial charge in [-0.05, 0) is 48.7 Å². The number of fused-ring (bicyclic) bond motifs is 1. The maximum Gasteiger partial charge on any atom is 0.335 e. The van der Waals surface area contributed by atoms with Crippen molar-refractivity contribution in [1.29, 1.82) is 0 Å². The Hall–Kier alpha value is -3.32. The summed E-state index contributed by atoms with van der Waals surface area (Å²) in [5.74, 6) is -0.168. The number of nitrogens with one attached hydrogen (secondary N) is 1. The number of aromatic amines is 1. The lowest BCUT2D eigenvalue weighted by Gasteiger charge is -2.31. The summed E-state index contributed by atoms with van der Waals surface area (Å²) in [6.45, 7) is 4.01. The van der Waals surface area contributed by atoms with Crippen LogP contribution in [0.15, 0.2) is 42.6 Å². The molecule has 3 aromatic rings. The van der Waals surface area contributed by atoms with Crippen LogP contribution < -0.4 is 4.74 Å². The zero-order valence-corrected chi connectivity index (χ0v) is 18.0. The molecule has 2 N–H and O–H groups in total. The molecule has 0 radical (unpaired) electrons. The Morgan fingerprint density at radius 2 is 1.97 bits per heavy atom. The first-order valence-corrected chi connectivity index (χ1v) is 10.4. The summed E-state index contributed by atoms with van der Waals surface area (Å²) >= 11 is 0. The number of aromatic nitrogens is 1. The van der Waals surface area contributed by atoms with Crippen LogP contribution in [-0.4, -0.2) is 59.0 Å². The van der Waals surface area contributed by atoms with Gasteiger partial charge >= 0.3 is 5.97 Å². The number of amides is 1. The number of nitrogens with zero attached hydrogens (tertiary/aromatic N) is 2. The van der Waals surface area contributed by atoms with E-state index < -0.39 is 12.0 Å². The highest BCUT2D eigenvalue weighted by molar-refractivity contribution is 5.89. The molecule has 0 saturated carbocycles. The Labute approximate surface area is 181 Å². The molecule has 2 aromatic carbocycles. The molecule has 162 valence electrons. The molecule has 7 heteroatoms. The third-order valence-corrected chi connectivity index (χ3v) is 6.08. The predicted molar refractivity (Wildman–Crippen MR) is 118 cm³/mol. The van der Waals surface area contributed by atoms with E-state index in [-0.39, 0.29) is 11.5 Å². The fraction of sp³-hybridized carbons (Fsp3) is 0.333. The number of likely N-dealkylation sites (N-methyl/N-ethyl adjacent to an activating group) is 1. The highest BCUT2D eigenvalue weighted by Crippen LogP contribution is 2.35. The molecule has 1 fully saturated rings. The van der Waals surface area contributed by atoms with Gasteiger partial charge in [0.05, 0.1) is 12.7 Å². The van der Waals surface area contributed by atoms with Gasteiger partial charge in [0, 0.05) is 49.3 Å². The van der Waals surface area contributed by atoms with Gasteiger partial charge in [-0.25, -0.2) is 4.79 Å². The Bertz CT molecular complexity index is 1120. The van der Waals surface area contributed by atoms with Gasteiger partial charge in [0.15, 0.2) is 0 Å². The van der Waals surface area contributed by atoms with Crippen molar-refractivity contribution in [2.75, 3.05) is 27.2 Å². The number of carboxylic acid groups (broad SMARTS) is 1. The number of methoxy groups -OCH3 is 1. The van der Waals surface area contributed by atoms with E-state index >= 15 is 0 Å². The molecule has 31 heavy (non-hydrogen) atoms. The van der Waals surface area contributed by atoms with Crippen molar-refractivity contribution in [3.63, 3.8) is 0 Å². The number of carbonyl (C=O) groups excluding carboxylic acids is 1. The standard InChI is InChI=1S/C24H27N3O4/c1-15-13-20(31-3)19(18-9-10-25-21(15)18)14-27-12-4-11-26(2)23(28)22(27)16-5-7-17(8-6-16)24(29)30/h5-10,13,22,25H,4,11-12,14H2,1-3H3,(H,29,30). The van der Waals surface area contributed by atoms with Crippen LogP contribution in [-0.2, 0) is 11.3 Å². The molecule has 2 heterocycles. The fourth-order valence-corrected chi connectivity index (χ4v) is 4.43. The quantitative estimate of drug-likeness (QED) is 0.658. The first-order chi connectivity index (χ1) is 14.9. The van der Waals surface area contributed by atoms with Crippen LogP contribution in [0.3, 0.4) is 0 Å². The maximum atomic E-state index is 13.3. The number of hydrogen-bond donors (Lipinski definition) is 2. The van der Waals surface area contributed by atoms with E-state index in [9.17, 15) is 14.7 Å². The molecule has 4 rings (SSSR count). The van der Waals surface area contributed by atoms with E-state index in [1.165, 1.54) is 0 Å². The summed E-state index contributed by atoms with van der Waals surface area (Å²) in [7, 11) is 3.49. The summed E-state index contributed by atoms with van der Waals surface area (Å²) in [5.41, 5.74) is 4.21. The Kier molecular flexibility index (Phi) is 5.69. The number of aryl methyl sites for hydroxylation is 1. The minimum absolute atomic E-state index is 0.0111. The highest BCUT2D eigenvalue weighted by atomic mass is 16.5. The number of ether oxygens (including phenoxy) is 1. The largest absolute Gasteiger partial charge is 0.496 e. The van der Waals surface area contributed by atoms with Crippen molar-refractivity contribution >= 4 is 22.8 Å². The van der Waals surface area contributed by atoms with Crippen LogP contribution in [0.2, 0.25) is 0 Å². The van der Waals surface area contributed by atoms with E-state index in [0.717, 1.165) is 46.3 Å². The minimum Gasteiger partial charge on any atom is -0.496 e. The lowest BCUT2D eigenvalue weighted by atomic mass is 9.99. The zero-order valence-electron chi connectivity index (χ0n) is 18.0. The summed E-state index contributed by atoms with van der Waals surface area (Å²) < 4.78 is 5.71. The van der Waals surface area contributed by atoms with Crippen molar-refractivity contribution in [2.24, 2.45) is 0 Å². The van der Waals surface area contributed by atoms with Crippen molar-refractivity contribution in [1.82, 2.24) is 14.8 Å². The molecule has 0 aliphatic carbocycles. The van der Waals surface area contributed by atoms with E-state index in [4.69, 9.17) is 4.74 Å². The third-order valence-electron chi connectivity index (χ3n) is 6.08. The molecule has 7 nitrogen and oxygen atoms in total. The van der Waals surface area contributed by atoms with E-state index in [0.29, 0.717) is 13.1 Å². The van der Waals surface area contributed by atoms with E-state index in [1.807, 2.05) is 32.3 Å². The second-order valence-electron chi connectivity index (χ2n) is 8.05. The van der Waals surface area contributed by atoms with Crippen molar-refractivity contribution in [3.8, 4) is 5.75 Å². The SMILES string of the molecule is COc1cc(C)c2[nH]ccc2c1CN1CCCN(C)C(=O)C1c1ccc(C(=O)O)cc1. The predicted octanol–water partition coefficient (Wildman–Crippen LogP) is 3.59. The second-order valence-corrected chi connectivity index (χ2v) is 8.05. The molecule has 1 atom stereocenters. The first-order valence-electron chi connectivity index (χ1n) is 10.4. The van der Waals surface area contributed by atoms with Gasteiger partial charge < -0.3 is 19.7 Å². The normalized spacial score (nSPS) is 17.7. The Morgan fingerprint density at radius 1 is 1.23 bits per heavy atom. The van der Waals surface area contributed by atoms with Gasteiger partial charge in [-0.1, -0.05) is 12.1 Å². The van der Waals surface area contributed by atoms with Crippen LogP contribution in [0.5, 0.6) is 5.75 Å². The molecule has 0 spiro atoms. The molecule has 0 bridgehead atoms. The Morgan fingerprint density at radius 3 is 2.65 bits per heavy atom. The van der Waals surface area contributed by atoms with Gasteiger partial charge in [-0.2, -0.15) is 0 Å². The molecule has 1 aliphatic rings. The van der Waals surface area contributed by atoms with Gasteiger partial charge in [0.25, 0.3) is 0 Å². The van der Waals surface area contributed by atoms with Crippen LogP contribution in [0.25, 0.3) is 10.9 Å². The molecule has 1 saturated heterocycles. The number of carboxylic acids is 1. The summed E-state index contributed by atoms with van der Waals surface area (Å²) in [5, 5.41) is 10.3. The summed E-state index contributed by atoms with van der Waals surface area (Å²) in [6.07, 6.45) is 2.78. The second kappa shape index (κ2) is 8.43. The molecule has 1 amide bonds. The fourth-order valence-electron chi connectivity index (χ4n) is 4.43. The van der Waals surface area contributed by atoms with Crippen LogP contribution in [0.4, 0.5) is 0 Å². The topological polar surface area (TPSA) is 85.9 Å². The summed E-state index contributed by atoms with van der Waals surface area (Å²) in [6, 6.07) is 10.2. The number of hydrogen-bond acceptors (Lipinski definition) is 4. The van der Waals surface area contributed by atoms with Crippen molar-refractivity contribution in [3.05, 3.63) is 64.8 Å². The van der Waals surface area contributed by atoms with E-state index in [2.05, 4.69) is 9.88 Å². The average molecular weight is 421 g/mol. The lowest BCUT2D eigenvalue weighted by molar-refractivity contribution is -0.134. The number of aromatic carboxylic acids is 1. The monoisotopic (exact) mass is 421 g/mol. The summed E-state index contributed by atoms with van der Waals surface area (Å²) in [4.78, 5) is 31.8. The van der Waals surface area contributed by atoms with Gasteiger partial charge in [0.1, 0.15) is 11.8 Å². The maximum absolute atomic E-state index is 13.3. The van der Waals surface area contributed by atoms with Gasteiger partial charge in [-0.15, -0.1) is 0 Å². The van der Waals surface area contributed by atoms with E-state index in [1.54, 1.807) is 36.3 Å². The van der Waals surface area contributed by atoms with Crippen molar-refractivity contribution < 1.29 is 19.4 Å².